The molecule has 0 radical (unpaired) electrons. The molecular weight excluding hydrogens is 827 g/mol. The Balaban J connectivity index is 0.955. The second-order valence-corrected chi connectivity index (χ2v) is 22.3. The standard InChI is InChI=1S/C61H49NO3S/c1-60(2)51-17-7-5-14-47(51)48-28-26-43(35-53(48)60)62(42-24-22-39(23-25-42)45-12-3-4-13-46(45)49-16-11-20-56-59(49)50-15-6-9-19-55(50)65-56)44-27-29-58-54(36-44)61(52-18-8-10-21-57(52)66(58,63)64)40-31-37-30-38(33-40)34-41(61)32-37/h3-29,35-38,40-41H,30-34H2,1-2H3. The van der Waals surface area contributed by atoms with E-state index in [0.29, 0.717) is 21.6 Å². The molecule has 4 fully saturated rings. The van der Waals surface area contributed by atoms with Crippen LogP contribution in [0.25, 0.3) is 55.3 Å². The van der Waals surface area contributed by atoms with Gasteiger partial charge in [-0.3, -0.25) is 0 Å². The van der Waals surface area contributed by atoms with Gasteiger partial charge in [0.05, 0.1) is 9.79 Å². The summed E-state index contributed by atoms with van der Waals surface area (Å²) in [6, 6.07) is 62.4. The third kappa shape index (κ3) is 5.18. The van der Waals surface area contributed by atoms with Crippen molar-refractivity contribution in [1.82, 2.24) is 0 Å². The maximum atomic E-state index is 14.8. The van der Waals surface area contributed by atoms with Crippen molar-refractivity contribution < 1.29 is 12.8 Å². The van der Waals surface area contributed by atoms with E-state index in [-0.39, 0.29) is 10.8 Å². The van der Waals surface area contributed by atoms with Gasteiger partial charge >= 0.3 is 0 Å². The van der Waals surface area contributed by atoms with E-state index in [4.69, 9.17) is 4.42 Å². The number of sulfone groups is 1. The van der Waals surface area contributed by atoms with Crippen LogP contribution in [0.5, 0.6) is 0 Å². The first kappa shape index (κ1) is 38.6. The summed E-state index contributed by atoms with van der Waals surface area (Å²) >= 11 is 0. The van der Waals surface area contributed by atoms with E-state index in [1.165, 1.54) is 54.4 Å². The van der Waals surface area contributed by atoms with Crippen molar-refractivity contribution in [3.63, 3.8) is 0 Å². The van der Waals surface area contributed by atoms with E-state index in [9.17, 15) is 8.42 Å². The maximum Gasteiger partial charge on any atom is 0.207 e. The largest absolute Gasteiger partial charge is 0.456 e. The molecule has 66 heavy (non-hydrogen) atoms. The molecule has 1 aliphatic heterocycles. The Bertz CT molecular complexity index is 3590. The van der Waals surface area contributed by atoms with Crippen LogP contribution in [0.2, 0.25) is 0 Å². The van der Waals surface area contributed by atoms with E-state index >= 15 is 0 Å². The molecule has 322 valence electrons. The average molecular weight is 876 g/mol. The Morgan fingerprint density at radius 2 is 1.03 bits per heavy atom. The van der Waals surface area contributed by atoms with Crippen molar-refractivity contribution in [3.8, 4) is 33.4 Å². The number of fused-ring (bicyclic) bond motifs is 8. The van der Waals surface area contributed by atoms with Gasteiger partial charge in [0, 0.05) is 38.7 Å². The van der Waals surface area contributed by atoms with Gasteiger partial charge in [-0.05, 0) is 172 Å². The highest BCUT2D eigenvalue weighted by atomic mass is 32.2. The van der Waals surface area contributed by atoms with E-state index < -0.39 is 9.84 Å². The van der Waals surface area contributed by atoms with Gasteiger partial charge in [0.15, 0.2) is 0 Å². The minimum atomic E-state index is -3.75. The molecule has 0 unspecified atom stereocenters. The lowest BCUT2D eigenvalue weighted by Gasteiger charge is -2.63. The Hall–Kier alpha value is -6.69. The first-order valence-corrected chi connectivity index (χ1v) is 25.3. The number of nitrogens with zero attached hydrogens (tertiary/aromatic N) is 1. The predicted molar refractivity (Wildman–Crippen MR) is 267 cm³/mol. The molecule has 8 aromatic carbocycles. The second-order valence-electron chi connectivity index (χ2n) is 20.5. The summed E-state index contributed by atoms with van der Waals surface area (Å²) in [7, 11) is -3.75. The number of hydrogen-bond donors (Lipinski definition) is 0. The number of rotatable bonds is 5. The molecule has 2 heterocycles. The van der Waals surface area contributed by atoms with Crippen LogP contribution in [-0.2, 0) is 20.7 Å². The lowest BCUT2D eigenvalue weighted by atomic mass is 9.42. The van der Waals surface area contributed by atoms with E-state index in [1.54, 1.807) is 0 Å². The molecule has 0 N–H and O–H groups in total. The fourth-order valence-electron chi connectivity index (χ4n) is 14.4. The molecule has 9 aromatic rings. The number of benzene rings is 8. The van der Waals surface area contributed by atoms with E-state index in [2.05, 4.69) is 164 Å². The summed E-state index contributed by atoms with van der Waals surface area (Å²) in [4.78, 5) is 3.39. The van der Waals surface area contributed by atoms with Gasteiger partial charge in [-0.1, -0.05) is 129 Å². The number of hydrogen-bond acceptors (Lipinski definition) is 4. The van der Waals surface area contributed by atoms with Gasteiger partial charge in [0.25, 0.3) is 0 Å². The zero-order chi connectivity index (χ0) is 44.1. The molecule has 4 nitrogen and oxygen atoms in total. The Kier molecular flexibility index (Phi) is 8.00. The fourth-order valence-corrected chi connectivity index (χ4v) is 16.2. The number of furan rings is 1. The molecule has 15 rings (SSSR count). The van der Waals surface area contributed by atoms with Crippen molar-refractivity contribution in [1.29, 1.82) is 0 Å². The highest BCUT2D eigenvalue weighted by Crippen LogP contribution is 2.68. The van der Waals surface area contributed by atoms with Gasteiger partial charge in [-0.25, -0.2) is 8.42 Å². The van der Waals surface area contributed by atoms with Crippen molar-refractivity contribution >= 4 is 48.8 Å². The minimum Gasteiger partial charge on any atom is -0.456 e. The molecule has 1 aromatic heterocycles. The van der Waals surface area contributed by atoms with Crippen LogP contribution < -0.4 is 4.90 Å². The summed E-state index contributed by atoms with van der Waals surface area (Å²) in [6.45, 7) is 4.67. The summed E-state index contributed by atoms with van der Waals surface area (Å²) < 4.78 is 36.0. The fraction of sp³-hybridized carbons (Fsp3) is 0.213. The zero-order valence-corrected chi connectivity index (χ0v) is 38.0. The first-order chi connectivity index (χ1) is 32.2. The molecule has 5 aliphatic carbocycles. The van der Waals surface area contributed by atoms with Crippen LogP contribution in [-0.4, -0.2) is 8.42 Å². The molecule has 0 amide bonds. The smallest absolute Gasteiger partial charge is 0.207 e. The van der Waals surface area contributed by atoms with Gasteiger partial charge in [-0.2, -0.15) is 0 Å². The molecular formula is C61H49NO3S. The number of para-hydroxylation sites is 1. The maximum absolute atomic E-state index is 14.8. The van der Waals surface area contributed by atoms with Crippen LogP contribution >= 0.6 is 0 Å². The normalized spacial score (nSPS) is 23.4. The lowest BCUT2D eigenvalue weighted by molar-refractivity contribution is -0.0446. The van der Waals surface area contributed by atoms with Crippen molar-refractivity contribution in [2.75, 3.05) is 4.90 Å². The van der Waals surface area contributed by atoms with Gasteiger partial charge in [0.1, 0.15) is 11.2 Å². The first-order valence-electron chi connectivity index (χ1n) is 23.8. The molecule has 6 aliphatic rings. The van der Waals surface area contributed by atoms with Crippen molar-refractivity contribution in [2.24, 2.45) is 23.7 Å². The third-order valence-electron chi connectivity index (χ3n) is 16.9. The molecule has 4 bridgehead atoms. The van der Waals surface area contributed by atoms with Crippen LogP contribution in [0, 0.1) is 23.7 Å². The van der Waals surface area contributed by atoms with E-state index in [0.717, 1.165) is 84.2 Å². The molecule has 0 atom stereocenters. The Morgan fingerprint density at radius 3 is 1.80 bits per heavy atom. The van der Waals surface area contributed by atoms with Crippen molar-refractivity contribution in [2.45, 2.75) is 66.6 Å². The molecule has 4 saturated carbocycles. The minimum absolute atomic E-state index is 0.192. The Labute approximate surface area is 386 Å². The zero-order valence-electron chi connectivity index (χ0n) is 37.2. The SMILES string of the molecule is CC1(C)c2ccccc2-c2ccc(N(c3ccc(-c4ccccc4-c4cccc5oc6ccccc6c45)cc3)c3ccc4c(c3)C3(c5ccccc5S4(=O)=O)C4CC5CC(C4)CC3C5)cc21. The van der Waals surface area contributed by atoms with Crippen LogP contribution in [0.4, 0.5) is 17.1 Å². The van der Waals surface area contributed by atoms with E-state index in [1.807, 2.05) is 30.3 Å². The third-order valence-corrected chi connectivity index (χ3v) is 18.8. The molecule has 5 heteroatoms. The second kappa shape index (κ2) is 13.7. The molecule has 1 spiro atoms. The van der Waals surface area contributed by atoms with Crippen LogP contribution in [0.1, 0.15) is 68.2 Å². The van der Waals surface area contributed by atoms with Gasteiger partial charge in [-0.15, -0.1) is 0 Å². The average Bonchev–Trinajstić information content (AvgIpc) is 3.83. The predicted octanol–water partition coefficient (Wildman–Crippen LogP) is 15.6. The van der Waals surface area contributed by atoms with Crippen LogP contribution in [0.3, 0.4) is 0 Å². The highest BCUT2D eigenvalue weighted by Gasteiger charge is 2.62. The Morgan fingerprint density at radius 1 is 0.470 bits per heavy atom. The van der Waals surface area contributed by atoms with Crippen molar-refractivity contribution in [3.05, 3.63) is 198 Å². The summed E-state index contributed by atoms with van der Waals surface area (Å²) in [5, 5.41) is 2.24. The molecule has 0 saturated heterocycles. The lowest BCUT2D eigenvalue weighted by Crippen LogP contribution is -2.57. The summed E-state index contributed by atoms with van der Waals surface area (Å²) in [5.74, 6) is 2.30. The quantitative estimate of drug-likeness (QED) is 0.173. The highest BCUT2D eigenvalue weighted by molar-refractivity contribution is 7.91. The monoisotopic (exact) mass is 875 g/mol. The van der Waals surface area contributed by atoms with Gasteiger partial charge < -0.3 is 9.32 Å². The summed E-state index contributed by atoms with van der Waals surface area (Å²) in [5.41, 5.74) is 16.1. The van der Waals surface area contributed by atoms with Gasteiger partial charge in [0.2, 0.25) is 9.84 Å². The topological polar surface area (TPSA) is 50.5 Å². The number of anilines is 3. The van der Waals surface area contributed by atoms with Crippen LogP contribution in [0.15, 0.2) is 190 Å². The summed E-state index contributed by atoms with van der Waals surface area (Å²) in [6.07, 6.45) is 6.01.